The van der Waals surface area contributed by atoms with Gasteiger partial charge in [-0.05, 0) is 70.6 Å². The largest absolute Gasteiger partial charge is 0.477 e. The Morgan fingerprint density at radius 3 is 1.12 bits per heavy atom. The SMILES string of the molecule is CC/C=C\C/C=C\C/C=C\C/C=C\C/C=C\C/C=C\C/C=C\CCCCCCCCCCCC(=O)OC(COC(=O)CCCCCCCCCCCCCCCCCCCCCC)COC(OCC[N+](C)(C)C)C(=O)O. The van der Waals surface area contributed by atoms with Gasteiger partial charge in [-0.2, -0.15) is 0 Å². The molecule has 0 radical (unpaired) electrons. The summed E-state index contributed by atoms with van der Waals surface area (Å²) in [5.41, 5.74) is 0. The maximum Gasteiger partial charge on any atom is 0.361 e. The maximum absolute atomic E-state index is 12.9. The minimum absolute atomic E-state index is 0.184. The summed E-state index contributed by atoms with van der Waals surface area (Å²) in [6, 6.07) is 0. The number of aliphatic carboxylic acids is 1. The van der Waals surface area contributed by atoms with Crippen molar-refractivity contribution in [2.24, 2.45) is 0 Å². The molecule has 0 bridgehead atoms. The molecule has 0 saturated carbocycles. The number of unbranched alkanes of at least 4 members (excludes halogenated alkanes) is 28. The van der Waals surface area contributed by atoms with Crippen LogP contribution in [-0.2, 0) is 33.3 Å². The molecule has 0 aromatic rings. The number of hydrogen-bond donors (Lipinski definition) is 1. The molecule has 0 amide bonds. The van der Waals surface area contributed by atoms with Gasteiger partial charge in [-0.25, -0.2) is 4.79 Å². The van der Waals surface area contributed by atoms with E-state index in [1.54, 1.807) is 0 Å². The van der Waals surface area contributed by atoms with Crippen molar-refractivity contribution in [2.75, 3.05) is 47.5 Å². The monoisotopic (exact) mass is 1060 g/mol. The summed E-state index contributed by atoms with van der Waals surface area (Å²) >= 11 is 0. The third-order valence-electron chi connectivity index (χ3n) is 13.4. The zero-order valence-corrected chi connectivity index (χ0v) is 49.9. The molecule has 0 aliphatic carbocycles. The second-order valence-electron chi connectivity index (χ2n) is 22.0. The smallest absolute Gasteiger partial charge is 0.361 e. The molecule has 0 heterocycles. The molecule has 2 unspecified atom stereocenters. The van der Waals surface area contributed by atoms with E-state index in [-0.39, 0.29) is 32.2 Å². The number of carboxylic acid groups (broad SMARTS) is 1. The molecular weight excluding hydrogens is 947 g/mol. The standard InChI is InChI=1S/C67H117NO8/c1-6-8-10-12-14-16-18-20-22-24-26-28-29-30-31-32-33-34-35-36-37-38-40-42-44-46-48-50-52-54-56-58-65(70)76-63(62-75-67(66(71)72)73-60-59-68(3,4)5)61-74-64(69)57-55-53-51-49-47-45-43-41-39-27-25-23-21-19-17-15-13-11-9-7-2/h8,10,14,16,20,22,26,28,30-31,33-34,36-37,63,67H,6-7,9,11-13,15,17-19,21,23-25,27,29,32,35,38-62H2,1-5H3/p+1/b10-8-,16-14-,22-20-,28-26-,31-30-,34-33-,37-36-. The van der Waals surface area contributed by atoms with Gasteiger partial charge in [-0.3, -0.25) is 9.59 Å². The van der Waals surface area contributed by atoms with Crippen molar-refractivity contribution in [3.63, 3.8) is 0 Å². The number of allylic oxidation sites excluding steroid dienone is 14. The number of rotatable bonds is 57. The van der Waals surface area contributed by atoms with Crippen molar-refractivity contribution in [3.05, 3.63) is 85.1 Å². The number of carbonyl (C=O) groups is 3. The Morgan fingerprint density at radius 2 is 0.750 bits per heavy atom. The zero-order chi connectivity index (χ0) is 55.5. The summed E-state index contributed by atoms with van der Waals surface area (Å²) in [5.74, 6) is -2.01. The van der Waals surface area contributed by atoms with Crippen molar-refractivity contribution in [1.29, 1.82) is 0 Å². The Bertz CT molecular complexity index is 1520. The van der Waals surface area contributed by atoms with E-state index in [4.69, 9.17) is 18.9 Å². The first-order valence-electron chi connectivity index (χ1n) is 31.3. The van der Waals surface area contributed by atoms with Gasteiger partial charge in [0, 0.05) is 12.8 Å². The summed E-state index contributed by atoms with van der Waals surface area (Å²) in [5, 5.41) is 9.72. The average Bonchev–Trinajstić information content (AvgIpc) is 3.39. The summed E-state index contributed by atoms with van der Waals surface area (Å²) in [6.07, 6.45) is 73.8. The van der Waals surface area contributed by atoms with Crippen LogP contribution >= 0.6 is 0 Å². The first-order valence-corrected chi connectivity index (χ1v) is 31.3. The summed E-state index contributed by atoms with van der Waals surface area (Å²) in [6.45, 7) is 4.78. The van der Waals surface area contributed by atoms with Crippen LogP contribution in [0.3, 0.4) is 0 Å². The number of likely N-dealkylation sites (N-methyl/N-ethyl adjacent to an activating group) is 1. The maximum atomic E-state index is 12.9. The molecular formula is C67H118NO8+. The predicted molar refractivity (Wildman–Crippen MR) is 322 cm³/mol. The Balaban J connectivity index is 4.22. The number of esters is 2. The zero-order valence-electron chi connectivity index (χ0n) is 49.9. The fourth-order valence-corrected chi connectivity index (χ4v) is 8.64. The Morgan fingerprint density at radius 1 is 0.408 bits per heavy atom. The lowest BCUT2D eigenvalue weighted by molar-refractivity contribution is -0.870. The van der Waals surface area contributed by atoms with Crippen molar-refractivity contribution >= 4 is 17.9 Å². The summed E-state index contributed by atoms with van der Waals surface area (Å²) in [7, 11) is 5.97. The number of ether oxygens (including phenoxy) is 4. The Kier molecular flexibility index (Phi) is 55.0. The molecule has 0 aromatic heterocycles. The molecule has 2 atom stereocenters. The second-order valence-corrected chi connectivity index (χ2v) is 22.0. The van der Waals surface area contributed by atoms with E-state index < -0.39 is 24.3 Å². The second kappa shape index (κ2) is 57.6. The molecule has 0 saturated heterocycles. The molecule has 9 nitrogen and oxygen atoms in total. The van der Waals surface area contributed by atoms with Gasteiger partial charge in [0.15, 0.2) is 6.10 Å². The Hall–Kier alpha value is -3.53. The lowest BCUT2D eigenvalue weighted by Crippen LogP contribution is -2.40. The highest BCUT2D eigenvalue weighted by molar-refractivity contribution is 5.71. The molecule has 0 aliphatic rings. The third kappa shape index (κ3) is 58.2. The highest BCUT2D eigenvalue weighted by Gasteiger charge is 2.25. The van der Waals surface area contributed by atoms with Crippen LogP contribution in [0, 0.1) is 0 Å². The van der Waals surface area contributed by atoms with Crippen LogP contribution in [0.5, 0.6) is 0 Å². The van der Waals surface area contributed by atoms with Crippen molar-refractivity contribution < 1.29 is 42.9 Å². The van der Waals surface area contributed by atoms with Crippen LogP contribution in [0.1, 0.15) is 264 Å². The van der Waals surface area contributed by atoms with Gasteiger partial charge in [0.2, 0.25) is 0 Å². The van der Waals surface area contributed by atoms with Crippen molar-refractivity contribution in [2.45, 2.75) is 277 Å². The van der Waals surface area contributed by atoms with E-state index in [0.717, 1.165) is 89.9 Å². The van der Waals surface area contributed by atoms with Crippen LogP contribution < -0.4 is 0 Å². The first-order chi connectivity index (χ1) is 37.1. The molecule has 9 heteroatoms. The topological polar surface area (TPSA) is 108 Å². The van der Waals surface area contributed by atoms with Crippen LogP contribution in [0.2, 0.25) is 0 Å². The van der Waals surface area contributed by atoms with E-state index >= 15 is 0 Å². The van der Waals surface area contributed by atoms with Gasteiger partial charge in [-0.15, -0.1) is 0 Å². The molecule has 0 rings (SSSR count). The lowest BCUT2D eigenvalue weighted by atomic mass is 10.0. The van der Waals surface area contributed by atoms with Gasteiger partial charge in [0.05, 0.1) is 34.4 Å². The van der Waals surface area contributed by atoms with E-state index in [1.807, 2.05) is 21.1 Å². The highest BCUT2D eigenvalue weighted by Crippen LogP contribution is 2.17. The summed E-state index contributed by atoms with van der Waals surface area (Å²) < 4.78 is 22.9. The number of quaternary nitrogens is 1. The normalized spacial score (nSPS) is 13.3. The molecule has 438 valence electrons. The minimum atomic E-state index is -1.51. The van der Waals surface area contributed by atoms with E-state index in [1.165, 1.54) is 141 Å². The van der Waals surface area contributed by atoms with Gasteiger partial charge in [0.1, 0.15) is 13.2 Å². The highest BCUT2D eigenvalue weighted by atomic mass is 16.7. The van der Waals surface area contributed by atoms with Gasteiger partial charge in [0.25, 0.3) is 6.29 Å². The van der Waals surface area contributed by atoms with Gasteiger partial charge < -0.3 is 28.5 Å². The van der Waals surface area contributed by atoms with Crippen LogP contribution in [0.15, 0.2) is 85.1 Å². The van der Waals surface area contributed by atoms with Crippen molar-refractivity contribution in [1.82, 2.24) is 0 Å². The fraction of sp³-hybridized carbons (Fsp3) is 0.746. The molecule has 76 heavy (non-hydrogen) atoms. The molecule has 0 aliphatic heterocycles. The minimum Gasteiger partial charge on any atom is -0.477 e. The predicted octanol–water partition coefficient (Wildman–Crippen LogP) is 18.7. The number of carbonyl (C=O) groups excluding carboxylic acids is 2. The van der Waals surface area contributed by atoms with Gasteiger partial charge >= 0.3 is 17.9 Å². The first kappa shape index (κ1) is 72.5. The van der Waals surface area contributed by atoms with Crippen LogP contribution in [0.4, 0.5) is 0 Å². The summed E-state index contributed by atoms with van der Waals surface area (Å²) in [4.78, 5) is 37.5. The van der Waals surface area contributed by atoms with E-state index in [0.29, 0.717) is 23.9 Å². The van der Waals surface area contributed by atoms with Crippen LogP contribution in [0.25, 0.3) is 0 Å². The van der Waals surface area contributed by atoms with E-state index in [2.05, 4.69) is 98.9 Å². The van der Waals surface area contributed by atoms with Gasteiger partial charge in [-0.1, -0.05) is 266 Å². The average molecular weight is 1070 g/mol. The number of carboxylic acids is 1. The molecule has 0 fully saturated rings. The van der Waals surface area contributed by atoms with Crippen LogP contribution in [-0.4, -0.2) is 87.4 Å². The third-order valence-corrected chi connectivity index (χ3v) is 13.4. The quantitative estimate of drug-likeness (QED) is 0.0211. The fourth-order valence-electron chi connectivity index (χ4n) is 8.64. The lowest BCUT2D eigenvalue weighted by Gasteiger charge is -2.25. The number of nitrogens with zero attached hydrogens (tertiary/aromatic N) is 1. The van der Waals surface area contributed by atoms with E-state index in [9.17, 15) is 19.5 Å². The molecule has 0 aromatic carbocycles. The Labute approximate surface area is 468 Å². The molecule has 0 spiro atoms. The van der Waals surface area contributed by atoms with Crippen molar-refractivity contribution in [3.8, 4) is 0 Å². The molecule has 1 N–H and O–H groups in total. The number of hydrogen-bond acceptors (Lipinski definition) is 7.